The van der Waals surface area contributed by atoms with Crippen LogP contribution in [0.3, 0.4) is 0 Å². The first-order chi connectivity index (χ1) is 18.1. The molecule has 0 N–H and O–H groups in total. The Morgan fingerprint density at radius 2 is 1.68 bits per heavy atom. The van der Waals surface area contributed by atoms with E-state index >= 15 is 0 Å². The number of nitrogens with zero attached hydrogens (tertiary/aromatic N) is 2. The molecule has 1 heterocycles. The third-order valence-corrected chi connectivity index (χ3v) is 7.49. The molecule has 11 heteroatoms. The number of alkyl halides is 3. The Hall–Kier alpha value is -4.12. The van der Waals surface area contributed by atoms with Gasteiger partial charge in [-0.3, -0.25) is 9.29 Å². The van der Waals surface area contributed by atoms with Crippen LogP contribution in [0.15, 0.2) is 83.9 Å². The lowest BCUT2D eigenvalue weighted by atomic mass is 10.1. The van der Waals surface area contributed by atoms with Crippen LogP contribution in [-0.2, 0) is 27.5 Å². The van der Waals surface area contributed by atoms with E-state index in [0.717, 1.165) is 28.7 Å². The molecule has 0 saturated carbocycles. The molecule has 0 aliphatic carbocycles. The van der Waals surface area contributed by atoms with Crippen LogP contribution in [0.1, 0.15) is 28.4 Å². The lowest BCUT2D eigenvalue weighted by Crippen LogP contribution is -2.32. The molecule has 0 fully saturated rings. The van der Waals surface area contributed by atoms with Gasteiger partial charge in [0.15, 0.2) is 0 Å². The zero-order valence-corrected chi connectivity index (χ0v) is 21.2. The Labute approximate surface area is 217 Å². The largest absolute Gasteiger partial charge is 0.497 e. The van der Waals surface area contributed by atoms with E-state index in [4.69, 9.17) is 9.47 Å². The van der Waals surface area contributed by atoms with Crippen LogP contribution in [0.25, 0.3) is 10.9 Å². The Bertz CT molecular complexity index is 1560. The molecule has 3 aromatic carbocycles. The van der Waals surface area contributed by atoms with E-state index in [1.165, 1.54) is 31.4 Å². The van der Waals surface area contributed by atoms with Crippen LogP contribution >= 0.6 is 0 Å². The number of benzene rings is 3. The Kier molecular flexibility index (Phi) is 7.58. The van der Waals surface area contributed by atoms with Gasteiger partial charge in [0, 0.05) is 11.6 Å². The molecule has 0 aliphatic rings. The Morgan fingerprint density at radius 3 is 2.29 bits per heavy atom. The summed E-state index contributed by atoms with van der Waals surface area (Å²) in [6.45, 7) is 1.24. The number of hydrogen-bond acceptors (Lipinski definition) is 6. The maximum atomic E-state index is 14.1. The van der Waals surface area contributed by atoms with E-state index < -0.39 is 27.7 Å². The molecule has 4 aromatic rings. The van der Waals surface area contributed by atoms with Gasteiger partial charge in [0.1, 0.15) is 11.3 Å². The first-order valence-corrected chi connectivity index (χ1v) is 12.9. The number of anilines is 1. The summed E-state index contributed by atoms with van der Waals surface area (Å²) in [6, 6.07) is 16.8. The lowest BCUT2D eigenvalue weighted by Gasteiger charge is -2.28. The van der Waals surface area contributed by atoms with Crippen molar-refractivity contribution < 1.29 is 35.9 Å². The third-order valence-electron chi connectivity index (χ3n) is 5.73. The van der Waals surface area contributed by atoms with Crippen LogP contribution in [0.4, 0.5) is 18.9 Å². The molecule has 1 aromatic heterocycles. The van der Waals surface area contributed by atoms with Gasteiger partial charge < -0.3 is 9.47 Å². The number of pyridine rings is 1. The molecule has 0 atom stereocenters. The standard InChI is InChI=1S/C27H23F3N2O5S/c1-3-37-26(33)23-16-31-24-14-9-19(27(28,29)30)15-22(24)25(23)32(17-18-7-5-4-6-8-18)38(34,35)21-12-10-20(36-2)11-13-21/h4-16H,3,17H2,1-2H3. The number of methoxy groups -OCH3 is 1. The number of hydrogen-bond donors (Lipinski definition) is 0. The van der Waals surface area contributed by atoms with Gasteiger partial charge in [-0.15, -0.1) is 0 Å². The molecular weight excluding hydrogens is 521 g/mol. The van der Waals surface area contributed by atoms with Gasteiger partial charge in [0.25, 0.3) is 10.0 Å². The minimum atomic E-state index is -4.72. The van der Waals surface area contributed by atoms with Crippen molar-refractivity contribution in [2.75, 3.05) is 18.0 Å². The number of halogens is 3. The van der Waals surface area contributed by atoms with Crippen molar-refractivity contribution in [3.63, 3.8) is 0 Å². The van der Waals surface area contributed by atoms with E-state index in [1.807, 2.05) is 0 Å². The van der Waals surface area contributed by atoms with Gasteiger partial charge in [-0.2, -0.15) is 13.2 Å². The maximum Gasteiger partial charge on any atom is 0.416 e. The summed E-state index contributed by atoms with van der Waals surface area (Å²) in [5.74, 6) is -0.507. The maximum absolute atomic E-state index is 14.1. The number of carbonyl (C=O) groups is 1. The van der Waals surface area contributed by atoms with Crippen LogP contribution in [0.5, 0.6) is 5.75 Å². The van der Waals surface area contributed by atoms with Crippen LogP contribution in [0.2, 0.25) is 0 Å². The minimum Gasteiger partial charge on any atom is -0.497 e. The monoisotopic (exact) mass is 544 g/mol. The topological polar surface area (TPSA) is 85.8 Å². The summed E-state index contributed by atoms with van der Waals surface area (Å²) in [4.78, 5) is 16.9. The second kappa shape index (κ2) is 10.7. The number of sulfonamides is 1. The summed E-state index contributed by atoms with van der Waals surface area (Å²) >= 11 is 0. The molecule has 198 valence electrons. The molecule has 0 unspecified atom stereocenters. The van der Waals surface area contributed by atoms with Gasteiger partial charge in [-0.05, 0) is 55.0 Å². The summed E-state index contributed by atoms with van der Waals surface area (Å²) in [5.41, 5.74) is -0.957. The number of carbonyl (C=O) groups excluding carboxylic acids is 1. The van der Waals surface area contributed by atoms with Gasteiger partial charge >= 0.3 is 12.1 Å². The van der Waals surface area contributed by atoms with E-state index in [9.17, 15) is 26.4 Å². The molecule has 0 spiro atoms. The van der Waals surface area contributed by atoms with Crippen LogP contribution in [0, 0.1) is 0 Å². The third kappa shape index (κ3) is 5.42. The van der Waals surface area contributed by atoms with Crippen molar-refractivity contribution in [2.45, 2.75) is 24.5 Å². The van der Waals surface area contributed by atoms with Gasteiger partial charge in [-0.25, -0.2) is 13.2 Å². The van der Waals surface area contributed by atoms with E-state index in [-0.39, 0.29) is 40.2 Å². The normalized spacial score (nSPS) is 11.8. The molecule has 0 saturated heterocycles. The number of aromatic nitrogens is 1. The highest BCUT2D eigenvalue weighted by atomic mass is 32.2. The van der Waals surface area contributed by atoms with Crippen molar-refractivity contribution in [2.24, 2.45) is 0 Å². The number of fused-ring (bicyclic) bond motifs is 1. The van der Waals surface area contributed by atoms with Crippen molar-refractivity contribution in [1.82, 2.24) is 4.98 Å². The van der Waals surface area contributed by atoms with Gasteiger partial charge in [0.05, 0.1) is 41.9 Å². The summed E-state index contributed by atoms with van der Waals surface area (Å²) in [5, 5.41) is -0.168. The summed E-state index contributed by atoms with van der Waals surface area (Å²) in [6.07, 6.45) is -3.60. The number of ether oxygens (including phenoxy) is 2. The first-order valence-electron chi connectivity index (χ1n) is 11.4. The van der Waals surface area contributed by atoms with Gasteiger partial charge in [-0.1, -0.05) is 30.3 Å². The second-order valence-electron chi connectivity index (χ2n) is 8.14. The molecule has 0 bridgehead atoms. The van der Waals surface area contributed by atoms with Crippen molar-refractivity contribution in [3.8, 4) is 5.75 Å². The predicted octanol–water partition coefficient (Wildman–Crippen LogP) is 5.83. The smallest absolute Gasteiger partial charge is 0.416 e. The highest BCUT2D eigenvalue weighted by molar-refractivity contribution is 7.92. The molecule has 7 nitrogen and oxygen atoms in total. The van der Waals surface area contributed by atoms with Crippen molar-refractivity contribution in [3.05, 3.63) is 95.7 Å². The fraction of sp³-hybridized carbons (Fsp3) is 0.185. The fourth-order valence-corrected chi connectivity index (χ4v) is 5.38. The molecule has 0 amide bonds. The predicted molar refractivity (Wildman–Crippen MR) is 136 cm³/mol. The van der Waals surface area contributed by atoms with Gasteiger partial charge in [0.2, 0.25) is 0 Å². The van der Waals surface area contributed by atoms with Crippen molar-refractivity contribution >= 4 is 32.6 Å². The number of rotatable bonds is 8. The molecule has 38 heavy (non-hydrogen) atoms. The molecule has 4 rings (SSSR count). The Balaban J connectivity index is 2.06. The number of esters is 1. The SMILES string of the molecule is CCOC(=O)c1cnc2ccc(C(F)(F)F)cc2c1N(Cc1ccccc1)S(=O)(=O)c1ccc(OC)cc1. The highest BCUT2D eigenvalue weighted by Gasteiger charge is 2.34. The van der Waals surface area contributed by atoms with E-state index in [2.05, 4.69) is 4.98 Å². The second-order valence-corrected chi connectivity index (χ2v) is 10.0. The molecule has 0 aliphatic heterocycles. The van der Waals surface area contributed by atoms with Crippen LogP contribution < -0.4 is 9.04 Å². The first kappa shape index (κ1) is 26.9. The van der Waals surface area contributed by atoms with Crippen LogP contribution in [-0.4, -0.2) is 33.1 Å². The van der Waals surface area contributed by atoms with E-state index in [0.29, 0.717) is 11.3 Å². The van der Waals surface area contributed by atoms with Crippen molar-refractivity contribution in [1.29, 1.82) is 0 Å². The molecular formula is C27H23F3N2O5S. The lowest BCUT2D eigenvalue weighted by molar-refractivity contribution is -0.137. The molecule has 0 radical (unpaired) electrons. The average Bonchev–Trinajstić information content (AvgIpc) is 2.91. The quantitative estimate of drug-likeness (QED) is 0.259. The minimum absolute atomic E-state index is 0.0389. The Morgan fingerprint density at radius 1 is 1.00 bits per heavy atom. The average molecular weight is 545 g/mol. The fourth-order valence-electron chi connectivity index (χ4n) is 3.89. The zero-order valence-electron chi connectivity index (χ0n) is 20.4. The summed E-state index contributed by atoms with van der Waals surface area (Å²) < 4.78 is 80.4. The highest BCUT2D eigenvalue weighted by Crippen LogP contribution is 2.39. The summed E-state index contributed by atoms with van der Waals surface area (Å²) in [7, 11) is -3.00. The zero-order chi connectivity index (χ0) is 27.5. The van der Waals surface area contributed by atoms with E-state index in [1.54, 1.807) is 37.3 Å².